The fourth-order valence-electron chi connectivity index (χ4n) is 0.791. The van der Waals surface area contributed by atoms with Crippen molar-refractivity contribution in [1.82, 2.24) is 0 Å². The summed E-state index contributed by atoms with van der Waals surface area (Å²) in [7, 11) is 0. The van der Waals surface area contributed by atoms with E-state index in [1.165, 1.54) is 0 Å². The standard InChI is InChI=1S/C7H14N6O2/c8-6(9)12-4(14)2-1-3-5(15)13-7(10)11/h1-3H2,(H4,8,9,12,14)(H4,10,11,13,15). The van der Waals surface area contributed by atoms with E-state index < -0.39 is 11.8 Å². The minimum atomic E-state index is -0.479. The maximum absolute atomic E-state index is 10.9. The average molecular weight is 214 g/mol. The summed E-state index contributed by atoms with van der Waals surface area (Å²) in [6.45, 7) is 0. The quantitative estimate of drug-likeness (QED) is 0.305. The molecule has 8 heteroatoms. The Labute approximate surface area is 86.4 Å². The maximum Gasteiger partial charge on any atom is 0.248 e. The third-order valence-corrected chi connectivity index (χ3v) is 1.29. The van der Waals surface area contributed by atoms with Crippen LogP contribution in [0.15, 0.2) is 9.98 Å². The van der Waals surface area contributed by atoms with Crippen molar-refractivity contribution in [3.8, 4) is 0 Å². The first-order valence-corrected chi connectivity index (χ1v) is 4.16. The molecule has 0 aromatic carbocycles. The van der Waals surface area contributed by atoms with E-state index in [0.29, 0.717) is 6.42 Å². The van der Waals surface area contributed by atoms with Crippen molar-refractivity contribution in [3.05, 3.63) is 0 Å². The van der Waals surface area contributed by atoms with Gasteiger partial charge in [0.15, 0.2) is 11.9 Å². The molecule has 0 rings (SSSR count). The summed E-state index contributed by atoms with van der Waals surface area (Å²) in [5.74, 6) is -1.55. The van der Waals surface area contributed by atoms with Crippen molar-refractivity contribution in [1.29, 1.82) is 0 Å². The van der Waals surface area contributed by atoms with E-state index in [-0.39, 0.29) is 24.8 Å². The van der Waals surface area contributed by atoms with Crippen LogP contribution in [-0.2, 0) is 9.59 Å². The smallest absolute Gasteiger partial charge is 0.248 e. The normalized spacial score (nSPS) is 9.07. The van der Waals surface area contributed by atoms with Crippen LogP contribution in [0.4, 0.5) is 0 Å². The number of carbonyl (C=O) groups is 2. The molecule has 0 heterocycles. The first-order chi connectivity index (χ1) is 6.91. The van der Waals surface area contributed by atoms with Gasteiger partial charge in [-0.3, -0.25) is 9.59 Å². The largest absolute Gasteiger partial charge is 0.370 e. The molecule has 0 aliphatic rings. The molecule has 2 amide bonds. The van der Waals surface area contributed by atoms with Gasteiger partial charge in [-0.2, -0.15) is 9.98 Å². The predicted octanol–water partition coefficient (Wildman–Crippen LogP) is -2.24. The SMILES string of the molecule is NC(N)=NC(=O)CCCC(=O)N=C(N)N. The summed E-state index contributed by atoms with van der Waals surface area (Å²) < 4.78 is 0. The van der Waals surface area contributed by atoms with Crippen LogP contribution in [0.25, 0.3) is 0 Å². The molecule has 0 aromatic heterocycles. The minimum Gasteiger partial charge on any atom is -0.370 e. The minimum absolute atomic E-state index is 0.0731. The van der Waals surface area contributed by atoms with Gasteiger partial charge in [-0.25, -0.2) is 0 Å². The summed E-state index contributed by atoms with van der Waals surface area (Å²) in [5, 5.41) is 0. The fourth-order valence-corrected chi connectivity index (χ4v) is 0.791. The number of rotatable bonds is 4. The van der Waals surface area contributed by atoms with E-state index in [4.69, 9.17) is 22.9 Å². The number of hydrogen-bond acceptors (Lipinski definition) is 2. The summed E-state index contributed by atoms with van der Waals surface area (Å²) in [4.78, 5) is 28.4. The molecule has 0 saturated carbocycles. The molecule has 0 unspecified atom stereocenters. The van der Waals surface area contributed by atoms with Crippen LogP contribution in [0.5, 0.6) is 0 Å². The van der Waals surface area contributed by atoms with E-state index in [1.54, 1.807) is 0 Å². The number of aliphatic imine (C=N–C) groups is 2. The van der Waals surface area contributed by atoms with Crippen LogP contribution >= 0.6 is 0 Å². The van der Waals surface area contributed by atoms with Gasteiger partial charge >= 0.3 is 0 Å². The molecular formula is C7H14N6O2. The number of guanidine groups is 2. The lowest BCUT2D eigenvalue weighted by atomic mass is 10.2. The molecular weight excluding hydrogens is 200 g/mol. The number of hydrogen-bond donors (Lipinski definition) is 4. The number of amides is 2. The zero-order valence-electron chi connectivity index (χ0n) is 8.14. The molecule has 0 aliphatic carbocycles. The molecule has 8 N–H and O–H groups in total. The van der Waals surface area contributed by atoms with Crippen molar-refractivity contribution in [2.45, 2.75) is 19.3 Å². The Hall–Kier alpha value is -2.12. The topological polar surface area (TPSA) is 163 Å². The second-order valence-electron chi connectivity index (χ2n) is 2.71. The Balaban J connectivity index is 3.81. The molecule has 0 aromatic rings. The highest BCUT2D eigenvalue weighted by Gasteiger charge is 2.03. The van der Waals surface area contributed by atoms with Crippen LogP contribution in [-0.4, -0.2) is 23.7 Å². The van der Waals surface area contributed by atoms with Crippen LogP contribution in [0.2, 0.25) is 0 Å². The van der Waals surface area contributed by atoms with Crippen molar-refractivity contribution in [2.75, 3.05) is 0 Å². The molecule has 0 spiro atoms. The van der Waals surface area contributed by atoms with E-state index in [9.17, 15) is 9.59 Å². The van der Waals surface area contributed by atoms with E-state index >= 15 is 0 Å². The zero-order valence-corrected chi connectivity index (χ0v) is 8.14. The molecule has 8 nitrogen and oxygen atoms in total. The molecule has 0 radical (unpaired) electrons. The molecule has 84 valence electrons. The van der Waals surface area contributed by atoms with E-state index in [1.807, 2.05) is 0 Å². The van der Waals surface area contributed by atoms with Gasteiger partial charge in [0.25, 0.3) is 0 Å². The Bertz CT molecular complexity index is 271. The van der Waals surface area contributed by atoms with Gasteiger partial charge in [0.2, 0.25) is 11.8 Å². The Kier molecular flexibility index (Phi) is 5.45. The van der Waals surface area contributed by atoms with Gasteiger partial charge in [-0.05, 0) is 6.42 Å². The summed E-state index contributed by atoms with van der Waals surface area (Å²) >= 11 is 0. The summed E-state index contributed by atoms with van der Waals surface area (Å²) in [6, 6.07) is 0. The molecule has 0 fully saturated rings. The van der Waals surface area contributed by atoms with Gasteiger partial charge in [0, 0.05) is 12.8 Å². The van der Waals surface area contributed by atoms with Crippen LogP contribution < -0.4 is 22.9 Å². The first kappa shape index (κ1) is 12.9. The highest BCUT2D eigenvalue weighted by Crippen LogP contribution is 1.98. The van der Waals surface area contributed by atoms with Gasteiger partial charge in [-0.15, -0.1) is 0 Å². The van der Waals surface area contributed by atoms with Gasteiger partial charge in [-0.1, -0.05) is 0 Å². The van der Waals surface area contributed by atoms with Crippen LogP contribution in [0, 0.1) is 0 Å². The van der Waals surface area contributed by atoms with Crippen molar-refractivity contribution < 1.29 is 9.59 Å². The van der Waals surface area contributed by atoms with Crippen LogP contribution in [0.1, 0.15) is 19.3 Å². The highest BCUT2D eigenvalue weighted by atomic mass is 16.2. The highest BCUT2D eigenvalue weighted by molar-refractivity contribution is 5.93. The maximum atomic E-state index is 10.9. The van der Waals surface area contributed by atoms with E-state index in [0.717, 1.165) is 0 Å². The third-order valence-electron chi connectivity index (χ3n) is 1.29. The monoisotopic (exact) mass is 214 g/mol. The number of nitrogens with zero attached hydrogens (tertiary/aromatic N) is 2. The molecule has 0 bridgehead atoms. The zero-order chi connectivity index (χ0) is 11.8. The Morgan fingerprint density at radius 1 is 0.800 bits per heavy atom. The third kappa shape index (κ3) is 8.22. The van der Waals surface area contributed by atoms with Crippen molar-refractivity contribution in [2.24, 2.45) is 32.9 Å². The van der Waals surface area contributed by atoms with Crippen molar-refractivity contribution in [3.63, 3.8) is 0 Å². The summed E-state index contributed by atoms with van der Waals surface area (Å²) in [6.07, 6.45) is 0.443. The van der Waals surface area contributed by atoms with Gasteiger partial charge in [0.05, 0.1) is 0 Å². The van der Waals surface area contributed by atoms with Gasteiger partial charge < -0.3 is 22.9 Å². The Morgan fingerprint density at radius 3 is 1.40 bits per heavy atom. The predicted molar refractivity (Wildman–Crippen MR) is 55.5 cm³/mol. The first-order valence-electron chi connectivity index (χ1n) is 4.16. The lowest BCUT2D eigenvalue weighted by molar-refractivity contribution is -0.119. The Morgan fingerprint density at radius 2 is 1.13 bits per heavy atom. The van der Waals surface area contributed by atoms with E-state index in [2.05, 4.69) is 9.98 Å². The second-order valence-corrected chi connectivity index (χ2v) is 2.71. The lowest BCUT2D eigenvalue weighted by Gasteiger charge is -1.95. The summed E-state index contributed by atoms with van der Waals surface area (Å²) in [5.41, 5.74) is 19.9. The molecule has 0 atom stereocenters. The van der Waals surface area contributed by atoms with Crippen molar-refractivity contribution >= 4 is 23.7 Å². The average Bonchev–Trinajstić information content (AvgIpc) is 2.00. The second kappa shape index (κ2) is 6.35. The number of carbonyl (C=O) groups excluding carboxylic acids is 2. The number of nitrogens with two attached hydrogens (primary N) is 4. The molecule has 15 heavy (non-hydrogen) atoms. The molecule has 0 saturated heterocycles. The fraction of sp³-hybridized carbons (Fsp3) is 0.429. The van der Waals surface area contributed by atoms with Crippen LogP contribution in [0.3, 0.4) is 0 Å². The van der Waals surface area contributed by atoms with Gasteiger partial charge in [0.1, 0.15) is 0 Å². The lowest BCUT2D eigenvalue weighted by Crippen LogP contribution is -2.24. The molecule has 0 aliphatic heterocycles.